The van der Waals surface area contributed by atoms with Crippen LogP contribution in [0.25, 0.3) is 0 Å². The van der Waals surface area contributed by atoms with Crippen molar-refractivity contribution in [2.45, 2.75) is 19.4 Å². The molecule has 0 aromatic heterocycles. The number of hydrogen-bond acceptors (Lipinski definition) is 6. The molecule has 0 aromatic carbocycles. The first-order chi connectivity index (χ1) is 9.79. The van der Waals surface area contributed by atoms with E-state index >= 15 is 0 Å². The van der Waals surface area contributed by atoms with Gasteiger partial charge in [-0.2, -0.15) is 0 Å². The zero-order valence-corrected chi connectivity index (χ0v) is 11.9. The lowest BCUT2D eigenvalue weighted by Gasteiger charge is -2.43. The largest absolute Gasteiger partial charge is 0.385 e. The minimum Gasteiger partial charge on any atom is -0.385 e. The summed E-state index contributed by atoms with van der Waals surface area (Å²) in [6.45, 7) is 7.34. The van der Waals surface area contributed by atoms with Gasteiger partial charge in [-0.25, -0.2) is 0 Å². The lowest BCUT2D eigenvalue weighted by atomic mass is 9.83. The van der Waals surface area contributed by atoms with Crippen LogP contribution in [-0.2, 0) is 4.74 Å². The van der Waals surface area contributed by atoms with Gasteiger partial charge in [0.15, 0.2) is 0 Å². The molecule has 6 nitrogen and oxygen atoms in total. The molecule has 0 aromatic rings. The van der Waals surface area contributed by atoms with Gasteiger partial charge >= 0.3 is 0 Å². The molecule has 2 N–H and O–H groups in total. The third kappa shape index (κ3) is 1.60. The van der Waals surface area contributed by atoms with Crippen molar-refractivity contribution in [1.29, 1.82) is 0 Å². The van der Waals surface area contributed by atoms with Gasteiger partial charge in [0.1, 0.15) is 30.1 Å². The van der Waals surface area contributed by atoms with Crippen molar-refractivity contribution in [3.8, 4) is 0 Å². The maximum absolute atomic E-state index is 6.13. The predicted octanol–water partition coefficient (Wildman–Crippen LogP) is 0.0235. The number of aliphatic imine (C=N–C) groups is 2. The second-order valence-corrected chi connectivity index (χ2v) is 5.75. The van der Waals surface area contributed by atoms with E-state index in [0.717, 1.165) is 32.0 Å². The molecule has 1 saturated heterocycles. The summed E-state index contributed by atoms with van der Waals surface area (Å²) in [5.74, 6) is 3.57. The fourth-order valence-electron chi connectivity index (χ4n) is 3.72. The molecule has 4 rings (SSSR count). The van der Waals surface area contributed by atoms with Crippen LogP contribution >= 0.6 is 0 Å². The van der Waals surface area contributed by atoms with Gasteiger partial charge < -0.3 is 20.3 Å². The summed E-state index contributed by atoms with van der Waals surface area (Å²) in [7, 11) is 0. The van der Waals surface area contributed by atoms with Crippen molar-refractivity contribution in [2.75, 3.05) is 39.4 Å². The molecule has 1 fully saturated rings. The predicted molar refractivity (Wildman–Crippen MR) is 77.6 cm³/mol. The fraction of sp³-hybridized carbons (Fsp3) is 0.714. The van der Waals surface area contributed by atoms with E-state index in [1.165, 1.54) is 17.8 Å². The summed E-state index contributed by atoms with van der Waals surface area (Å²) in [6, 6.07) is -0.0450. The van der Waals surface area contributed by atoms with Crippen LogP contribution in [0.3, 0.4) is 0 Å². The molecule has 4 heterocycles. The van der Waals surface area contributed by atoms with E-state index in [1.807, 2.05) is 6.92 Å². The lowest BCUT2D eigenvalue weighted by Crippen LogP contribution is -2.49. The molecule has 2 atom stereocenters. The van der Waals surface area contributed by atoms with Gasteiger partial charge in [-0.3, -0.25) is 9.98 Å². The zero-order valence-electron chi connectivity index (χ0n) is 11.9. The Kier molecular flexibility index (Phi) is 2.73. The Labute approximate surface area is 119 Å². The Bertz CT molecular complexity index is 524. The van der Waals surface area contributed by atoms with E-state index in [1.54, 1.807) is 0 Å². The molecule has 0 saturated carbocycles. The Morgan fingerprint density at radius 1 is 1.35 bits per heavy atom. The molecule has 6 heteroatoms. The topological polar surface area (TPSA) is 66.5 Å². The highest BCUT2D eigenvalue weighted by atomic mass is 16.5. The average molecular weight is 275 g/mol. The summed E-state index contributed by atoms with van der Waals surface area (Å²) in [5, 5.41) is 0. The maximum Gasteiger partial charge on any atom is 0.134 e. The first-order valence-corrected chi connectivity index (χ1v) is 7.50. The molecule has 0 aliphatic carbocycles. The SMILES string of the molecule is CCOCC1=NC2C(N)=NCC3CCN4CCN1C4=C32. The van der Waals surface area contributed by atoms with E-state index < -0.39 is 0 Å². The van der Waals surface area contributed by atoms with Crippen LogP contribution in [0, 0.1) is 5.92 Å². The van der Waals surface area contributed by atoms with Crippen LogP contribution in [0.5, 0.6) is 0 Å². The van der Waals surface area contributed by atoms with Gasteiger partial charge in [-0.15, -0.1) is 0 Å². The first-order valence-electron chi connectivity index (χ1n) is 7.50. The fourth-order valence-corrected chi connectivity index (χ4v) is 3.72. The van der Waals surface area contributed by atoms with Gasteiger partial charge in [0.25, 0.3) is 0 Å². The van der Waals surface area contributed by atoms with E-state index in [2.05, 4.69) is 14.8 Å². The summed E-state index contributed by atoms with van der Waals surface area (Å²) >= 11 is 0. The summed E-state index contributed by atoms with van der Waals surface area (Å²) < 4.78 is 5.58. The number of nitrogens with two attached hydrogens (primary N) is 1. The Hall–Kier alpha value is -1.56. The highest BCUT2D eigenvalue weighted by molar-refractivity contribution is 5.96. The van der Waals surface area contributed by atoms with E-state index in [0.29, 0.717) is 25.0 Å². The van der Waals surface area contributed by atoms with Crippen LogP contribution < -0.4 is 5.73 Å². The summed E-state index contributed by atoms with van der Waals surface area (Å²) in [4.78, 5) is 14.2. The Morgan fingerprint density at radius 2 is 2.25 bits per heavy atom. The van der Waals surface area contributed by atoms with Crippen molar-refractivity contribution in [2.24, 2.45) is 21.6 Å². The number of hydrogen-bond donors (Lipinski definition) is 1. The molecule has 0 spiro atoms. The van der Waals surface area contributed by atoms with Crippen molar-refractivity contribution in [3.05, 3.63) is 11.4 Å². The van der Waals surface area contributed by atoms with Gasteiger partial charge in [-0.05, 0) is 13.3 Å². The van der Waals surface area contributed by atoms with Crippen LogP contribution in [0.4, 0.5) is 0 Å². The normalized spacial score (nSPS) is 31.2. The number of amidine groups is 2. The Morgan fingerprint density at radius 3 is 3.10 bits per heavy atom. The smallest absolute Gasteiger partial charge is 0.134 e. The maximum atomic E-state index is 6.13. The summed E-state index contributed by atoms with van der Waals surface area (Å²) in [5.41, 5.74) is 7.53. The second-order valence-electron chi connectivity index (χ2n) is 5.75. The van der Waals surface area contributed by atoms with E-state index in [-0.39, 0.29) is 6.04 Å². The average Bonchev–Trinajstić information content (AvgIpc) is 2.90. The van der Waals surface area contributed by atoms with Crippen molar-refractivity contribution in [3.63, 3.8) is 0 Å². The third-order valence-corrected chi connectivity index (χ3v) is 4.69. The highest BCUT2D eigenvalue weighted by Crippen LogP contribution is 2.40. The number of nitrogens with zero attached hydrogens (tertiary/aromatic N) is 4. The monoisotopic (exact) mass is 275 g/mol. The lowest BCUT2D eigenvalue weighted by molar-refractivity contribution is 0.178. The van der Waals surface area contributed by atoms with Crippen molar-refractivity contribution < 1.29 is 4.74 Å². The highest BCUT2D eigenvalue weighted by Gasteiger charge is 2.45. The zero-order chi connectivity index (χ0) is 13.7. The quantitative estimate of drug-likeness (QED) is 0.789. The van der Waals surface area contributed by atoms with Gasteiger partial charge in [0.2, 0.25) is 0 Å². The van der Waals surface area contributed by atoms with Crippen molar-refractivity contribution in [1.82, 2.24) is 9.80 Å². The Balaban J connectivity index is 1.77. The van der Waals surface area contributed by atoms with Gasteiger partial charge in [-0.1, -0.05) is 0 Å². The van der Waals surface area contributed by atoms with Gasteiger partial charge in [0, 0.05) is 44.3 Å². The minimum absolute atomic E-state index is 0.0450. The van der Waals surface area contributed by atoms with Crippen LogP contribution in [0.15, 0.2) is 21.4 Å². The summed E-state index contributed by atoms with van der Waals surface area (Å²) in [6.07, 6.45) is 1.18. The van der Waals surface area contributed by atoms with Crippen LogP contribution in [-0.4, -0.2) is 66.9 Å². The molecule has 0 amide bonds. The third-order valence-electron chi connectivity index (χ3n) is 4.69. The molecule has 4 aliphatic rings. The molecule has 0 radical (unpaired) electrons. The molecular weight excluding hydrogens is 254 g/mol. The minimum atomic E-state index is -0.0450. The van der Waals surface area contributed by atoms with E-state index in [9.17, 15) is 0 Å². The molecule has 0 bridgehead atoms. The van der Waals surface area contributed by atoms with Crippen LogP contribution in [0.2, 0.25) is 0 Å². The molecule has 2 unspecified atom stereocenters. The molecule has 108 valence electrons. The molecule has 4 aliphatic heterocycles. The molecular formula is C14H21N5O. The second kappa shape index (κ2) is 4.48. The van der Waals surface area contributed by atoms with Crippen molar-refractivity contribution >= 4 is 11.7 Å². The number of rotatable bonds is 3. The standard InChI is InChI=1S/C14H21N5O/c1-2-20-8-10-17-12-11-9(7-16-13(12)15)3-4-18-5-6-19(10)14(11)18/h9,12H,2-8H2,1H3,(H2,15,16). The first kappa shape index (κ1) is 12.2. The number of ether oxygens (including phenoxy) is 1. The van der Waals surface area contributed by atoms with E-state index in [4.69, 9.17) is 15.5 Å². The van der Waals surface area contributed by atoms with Crippen LogP contribution in [0.1, 0.15) is 13.3 Å². The molecule has 20 heavy (non-hydrogen) atoms. The van der Waals surface area contributed by atoms with Gasteiger partial charge in [0.05, 0.1) is 0 Å².